The van der Waals surface area contributed by atoms with Gasteiger partial charge in [-0.25, -0.2) is 0 Å². The highest BCUT2D eigenvalue weighted by Gasteiger charge is 2.36. The Bertz CT molecular complexity index is 441. The topological polar surface area (TPSA) is 66.8 Å². The summed E-state index contributed by atoms with van der Waals surface area (Å²) in [7, 11) is 1.66. The van der Waals surface area contributed by atoms with Gasteiger partial charge in [0.25, 0.3) is 0 Å². The number of ether oxygens (including phenoxy) is 1. The molecule has 0 aromatic rings. The number of carbonyl (C=O) groups excluding carboxylic acids is 1. The van der Waals surface area contributed by atoms with Crippen molar-refractivity contribution in [1.29, 1.82) is 0 Å². The zero-order valence-corrected chi connectivity index (χ0v) is 11.7. The molecule has 2 unspecified atom stereocenters. The quantitative estimate of drug-likeness (QED) is 0.791. The van der Waals surface area contributed by atoms with Crippen LogP contribution < -0.4 is 0 Å². The summed E-state index contributed by atoms with van der Waals surface area (Å²) < 4.78 is 5.08. The van der Waals surface area contributed by atoms with E-state index in [2.05, 4.69) is 0 Å². The minimum Gasteiger partial charge on any atom is -0.481 e. The van der Waals surface area contributed by atoms with E-state index in [9.17, 15) is 14.7 Å². The number of aliphatic carboxylic acids is 1. The molecule has 2 atom stereocenters. The Morgan fingerprint density at radius 3 is 2.60 bits per heavy atom. The Morgan fingerprint density at radius 2 is 2.05 bits per heavy atom. The molecule has 110 valence electrons. The van der Waals surface area contributed by atoms with Crippen molar-refractivity contribution < 1.29 is 19.4 Å². The predicted molar refractivity (Wildman–Crippen MR) is 74.1 cm³/mol. The number of allylic oxidation sites excluding steroid dienone is 2. The molecule has 5 nitrogen and oxygen atoms in total. The number of hydrogen-bond acceptors (Lipinski definition) is 3. The number of methoxy groups -OCH3 is 1. The van der Waals surface area contributed by atoms with Crippen LogP contribution in [0.15, 0.2) is 23.8 Å². The van der Waals surface area contributed by atoms with Crippen molar-refractivity contribution in [2.75, 3.05) is 26.8 Å². The summed E-state index contributed by atoms with van der Waals surface area (Å²) in [6.07, 6.45) is 7.57. The van der Waals surface area contributed by atoms with Gasteiger partial charge >= 0.3 is 5.97 Å². The molecule has 1 heterocycles. The van der Waals surface area contributed by atoms with Crippen LogP contribution in [0.2, 0.25) is 0 Å². The van der Waals surface area contributed by atoms with Crippen LogP contribution in [0, 0.1) is 11.8 Å². The highest BCUT2D eigenvalue weighted by molar-refractivity contribution is 5.85. The average Bonchev–Trinajstić information content (AvgIpc) is 2.47. The molecule has 1 aliphatic carbocycles. The van der Waals surface area contributed by atoms with Crippen LogP contribution in [-0.4, -0.2) is 48.7 Å². The van der Waals surface area contributed by atoms with E-state index in [1.807, 2.05) is 18.2 Å². The van der Waals surface area contributed by atoms with Gasteiger partial charge in [0, 0.05) is 20.2 Å². The third-order valence-electron chi connectivity index (χ3n) is 4.01. The highest BCUT2D eigenvalue weighted by Crippen LogP contribution is 2.28. The molecule has 0 spiro atoms. The monoisotopic (exact) mass is 279 g/mol. The lowest BCUT2D eigenvalue weighted by Gasteiger charge is -2.32. The van der Waals surface area contributed by atoms with E-state index in [0.29, 0.717) is 32.5 Å². The summed E-state index contributed by atoms with van der Waals surface area (Å²) in [4.78, 5) is 25.5. The first-order valence-electron chi connectivity index (χ1n) is 6.97. The molecule has 5 heteroatoms. The molecular formula is C15H21NO4. The summed E-state index contributed by atoms with van der Waals surface area (Å²) in [6.45, 7) is 1.82. The van der Waals surface area contributed by atoms with Crippen molar-refractivity contribution in [2.24, 2.45) is 11.8 Å². The van der Waals surface area contributed by atoms with E-state index in [1.54, 1.807) is 12.0 Å². The van der Waals surface area contributed by atoms with Crippen molar-refractivity contribution in [1.82, 2.24) is 4.90 Å². The van der Waals surface area contributed by atoms with Crippen LogP contribution in [0.1, 0.15) is 19.3 Å². The largest absolute Gasteiger partial charge is 0.481 e. The molecule has 20 heavy (non-hydrogen) atoms. The first-order chi connectivity index (χ1) is 9.63. The maximum atomic E-state index is 12.5. The molecule has 0 fully saturated rings. The number of rotatable bonds is 4. The zero-order chi connectivity index (χ0) is 14.5. The zero-order valence-electron chi connectivity index (χ0n) is 11.7. The smallest absolute Gasteiger partial charge is 0.307 e. The molecule has 0 radical (unpaired) electrons. The predicted octanol–water partition coefficient (Wildman–Crippen LogP) is 1.46. The normalized spacial score (nSPS) is 26.2. The van der Waals surface area contributed by atoms with Gasteiger partial charge in [-0.3, -0.25) is 9.59 Å². The summed E-state index contributed by atoms with van der Waals surface area (Å²) in [5, 5.41) is 9.23. The number of carbonyl (C=O) groups is 2. The van der Waals surface area contributed by atoms with E-state index >= 15 is 0 Å². The van der Waals surface area contributed by atoms with E-state index in [0.717, 1.165) is 6.42 Å². The minimum absolute atomic E-state index is 0.0329. The van der Waals surface area contributed by atoms with Crippen molar-refractivity contribution in [2.45, 2.75) is 19.3 Å². The van der Waals surface area contributed by atoms with Crippen LogP contribution in [0.5, 0.6) is 0 Å². The number of carboxylic acid groups (broad SMARTS) is 1. The van der Waals surface area contributed by atoms with Crippen LogP contribution >= 0.6 is 0 Å². The SMILES string of the molecule is COCC1=CCN(C(=O)C2CC=CCC2C(=O)O)CC1. The maximum absolute atomic E-state index is 12.5. The highest BCUT2D eigenvalue weighted by atomic mass is 16.5. The number of nitrogens with zero attached hydrogens (tertiary/aromatic N) is 1. The van der Waals surface area contributed by atoms with E-state index < -0.39 is 17.8 Å². The minimum atomic E-state index is -0.875. The van der Waals surface area contributed by atoms with E-state index in [-0.39, 0.29) is 5.91 Å². The maximum Gasteiger partial charge on any atom is 0.307 e. The lowest BCUT2D eigenvalue weighted by molar-refractivity contribution is -0.150. The van der Waals surface area contributed by atoms with Gasteiger partial charge in [0.05, 0.1) is 18.4 Å². The Labute approximate surface area is 118 Å². The Morgan fingerprint density at radius 1 is 1.35 bits per heavy atom. The average molecular weight is 279 g/mol. The Balaban J connectivity index is 2.01. The van der Waals surface area contributed by atoms with Crippen molar-refractivity contribution in [3.63, 3.8) is 0 Å². The van der Waals surface area contributed by atoms with Crippen LogP contribution in [0.4, 0.5) is 0 Å². The fourth-order valence-corrected chi connectivity index (χ4v) is 2.82. The van der Waals surface area contributed by atoms with Gasteiger partial charge in [-0.05, 0) is 24.8 Å². The Hall–Kier alpha value is -1.62. The first-order valence-corrected chi connectivity index (χ1v) is 6.97. The number of amides is 1. The van der Waals surface area contributed by atoms with E-state index in [1.165, 1.54) is 5.57 Å². The lowest BCUT2D eigenvalue weighted by atomic mass is 9.82. The second-order valence-corrected chi connectivity index (χ2v) is 5.32. The molecular weight excluding hydrogens is 258 g/mol. The summed E-state index contributed by atoms with van der Waals surface area (Å²) in [6, 6.07) is 0. The third-order valence-corrected chi connectivity index (χ3v) is 4.01. The second-order valence-electron chi connectivity index (χ2n) is 5.32. The summed E-state index contributed by atoms with van der Waals surface area (Å²) in [5.41, 5.74) is 1.20. The molecule has 0 aromatic carbocycles. The Kier molecular flexibility index (Phi) is 4.95. The standard InChI is InChI=1S/C15H21NO4/c1-20-10-11-6-8-16(9-7-11)14(17)12-4-2-3-5-13(12)15(18)19/h2-3,6,12-13H,4-5,7-10H2,1H3,(H,18,19). The molecule has 1 amide bonds. The molecule has 0 bridgehead atoms. The molecule has 0 saturated heterocycles. The number of hydrogen-bond donors (Lipinski definition) is 1. The summed E-state index contributed by atoms with van der Waals surface area (Å²) in [5.74, 6) is -1.92. The van der Waals surface area contributed by atoms with Crippen LogP contribution in [0.25, 0.3) is 0 Å². The third kappa shape index (κ3) is 3.28. The van der Waals surface area contributed by atoms with Gasteiger partial charge in [0.15, 0.2) is 0 Å². The summed E-state index contributed by atoms with van der Waals surface area (Å²) >= 11 is 0. The molecule has 0 aromatic heterocycles. The van der Waals surface area contributed by atoms with Gasteiger partial charge in [-0.1, -0.05) is 18.2 Å². The molecule has 0 saturated carbocycles. The second kappa shape index (κ2) is 6.70. The van der Waals surface area contributed by atoms with Crippen LogP contribution in [0.3, 0.4) is 0 Å². The molecule has 2 aliphatic rings. The lowest BCUT2D eigenvalue weighted by Crippen LogP contribution is -2.43. The van der Waals surface area contributed by atoms with Crippen molar-refractivity contribution in [3.05, 3.63) is 23.8 Å². The fourth-order valence-electron chi connectivity index (χ4n) is 2.82. The van der Waals surface area contributed by atoms with Crippen molar-refractivity contribution in [3.8, 4) is 0 Å². The van der Waals surface area contributed by atoms with Gasteiger partial charge in [0.1, 0.15) is 0 Å². The van der Waals surface area contributed by atoms with Gasteiger partial charge in [-0.2, -0.15) is 0 Å². The van der Waals surface area contributed by atoms with Gasteiger partial charge in [-0.15, -0.1) is 0 Å². The van der Waals surface area contributed by atoms with E-state index in [4.69, 9.17) is 4.74 Å². The fraction of sp³-hybridized carbons (Fsp3) is 0.600. The van der Waals surface area contributed by atoms with Gasteiger partial charge < -0.3 is 14.7 Å². The molecule has 2 rings (SSSR count). The number of carboxylic acids is 1. The molecule has 1 aliphatic heterocycles. The van der Waals surface area contributed by atoms with Gasteiger partial charge in [0.2, 0.25) is 5.91 Å². The van der Waals surface area contributed by atoms with Crippen LogP contribution in [-0.2, 0) is 14.3 Å². The first kappa shape index (κ1) is 14.8. The van der Waals surface area contributed by atoms with Crippen molar-refractivity contribution >= 4 is 11.9 Å². The molecule has 1 N–H and O–H groups in total.